The molecule has 0 atom stereocenters. The summed E-state index contributed by atoms with van der Waals surface area (Å²) in [6, 6.07) is 2.58. The molecule has 5 rings (SSSR count). The third-order valence-corrected chi connectivity index (χ3v) is 9.26. The van der Waals surface area contributed by atoms with Gasteiger partial charge in [-0.1, -0.05) is 13.8 Å². The van der Waals surface area contributed by atoms with E-state index in [1.807, 2.05) is 0 Å². The first-order valence-electron chi connectivity index (χ1n) is 15.2. The molecule has 5 aliphatic rings. The normalized spacial score (nSPS) is 27.1. The van der Waals surface area contributed by atoms with E-state index in [0.29, 0.717) is 0 Å². The summed E-state index contributed by atoms with van der Waals surface area (Å²) in [6.45, 7) is 14.6. The summed E-state index contributed by atoms with van der Waals surface area (Å²) in [6.07, 6.45) is 12.5. The van der Waals surface area contributed by atoms with Crippen molar-refractivity contribution >= 4 is 0 Å². The van der Waals surface area contributed by atoms with E-state index in [4.69, 9.17) is 4.74 Å². The van der Waals surface area contributed by atoms with E-state index in [1.165, 1.54) is 110 Å². The number of hydrogen-bond acceptors (Lipinski definition) is 7. The van der Waals surface area contributed by atoms with Gasteiger partial charge in [-0.2, -0.15) is 0 Å². The number of nitrogens with zero attached hydrogens (tertiary/aromatic N) is 6. The lowest BCUT2D eigenvalue weighted by Crippen LogP contribution is -2.48. The molecule has 0 aromatic heterocycles. The van der Waals surface area contributed by atoms with Crippen molar-refractivity contribution in [2.75, 3.05) is 114 Å². The van der Waals surface area contributed by atoms with Gasteiger partial charge in [0.25, 0.3) is 0 Å². The SMILES string of the molecule is C.CN1CCC(N(C)C)CC1.CN1CCC(N2CCCCC2)CC1.CN1CCC(N2CCOCC2)CC1. The van der Waals surface area contributed by atoms with E-state index in [9.17, 15) is 0 Å². The number of hydrogen-bond donors (Lipinski definition) is 0. The second-order valence-corrected chi connectivity index (χ2v) is 12.3. The molecule has 5 aliphatic heterocycles. The summed E-state index contributed by atoms with van der Waals surface area (Å²) in [7, 11) is 11.0. The van der Waals surface area contributed by atoms with Crippen LogP contribution in [0.1, 0.15) is 65.2 Å². The Morgan fingerprint density at radius 3 is 1.30 bits per heavy atom. The lowest BCUT2D eigenvalue weighted by molar-refractivity contribution is 0.00290. The van der Waals surface area contributed by atoms with Crippen molar-refractivity contribution in [3.63, 3.8) is 0 Å². The van der Waals surface area contributed by atoms with E-state index in [1.54, 1.807) is 0 Å². The highest BCUT2D eigenvalue weighted by Gasteiger charge is 2.25. The zero-order chi connectivity index (χ0) is 25.8. The van der Waals surface area contributed by atoms with Crippen molar-refractivity contribution in [1.29, 1.82) is 0 Å². The first-order valence-corrected chi connectivity index (χ1v) is 15.2. The van der Waals surface area contributed by atoms with E-state index >= 15 is 0 Å². The predicted molar refractivity (Wildman–Crippen MR) is 160 cm³/mol. The molecular weight excluding hydrogens is 460 g/mol. The fraction of sp³-hybridized carbons (Fsp3) is 1.00. The molecule has 220 valence electrons. The Bertz CT molecular complexity index is 506. The maximum absolute atomic E-state index is 5.36. The maximum Gasteiger partial charge on any atom is 0.0594 e. The molecule has 7 nitrogen and oxygen atoms in total. The van der Waals surface area contributed by atoms with Gasteiger partial charge >= 0.3 is 0 Å². The monoisotopic (exact) mass is 525 g/mol. The van der Waals surface area contributed by atoms with Gasteiger partial charge in [-0.15, -0.1) is 0 Å². The quantitative estimate of drug-likeness (QED) is 0.560. The molecule has 0 aromatic carbocycles. The van der Waals surface area contributed by atoms with Gasteiger partial charge in [-0.3, -0.25) is 4.90 Å². The molecule has 7 heteroatoms. The minimum absolute atomic E-state index is 0. The zero-order valence-corrected chi connectivity index (χ0v) is 24.7. The Labute approximate surface area is 231 Å². The van der Waals surface area contributed by atoms with E-state index in [-0.39, 0.29) is 7.43 Å². The van der Waals surface area contributed by atoms with E-state index < -0.39 is 0 Å². The van der Waals surface area contributed by atoms with Gasteiger partial charge in [0.2, 0.25) is 0 Å². The Morgan fingerprint density at radius 2 is 0.892 bits per heavy atom. The Balaban J connectivity index is 0.000000195. The highest BCUT2D eigenvalue weighted by Crippen LogP contribution is 2.20. The van der Waals surface area contributed by atoms with Crippen molar-refractivity contribution in [2.45, 2.75) is 83.3 Å². The van der Waals surface area contributed by atoms with Crippen LogP contribution in [0.5, 0.6) is 0 Å². The molecule has 0 bridgehead atoms. The van der Waals surface area contributed by atoms with Gasteiger partial charge in [0.1, 0.15) is 0 Å². The maximum atomic E-state index is 5.36. The standard InChI is InChI=1S/C11H22N2.C10H20N2O.C8H18N2.CH4/c1-12-9-5-11(6-10-12)13-7-3-2-4-8-13;1-11-4-2-10(3-5-11)12-6-8-13-9-7-12;1-9(2)8-4-6-10(3)7-5-8;/h11H,2-10H2,1H3;10H,2-9H2,1H3;8H,4-7H2,1-3H3;1H4. The van der Waals surface area contributed by atoms with Gasteiger partial charge < -0.3 is 29.2 Å². The average Bonchev–Trinajstić information content (AvgIpc) is 2.92. The molecule has 0 amide bonds. The molecule has 0 aromatic rings. The second-order valence-electron chi connectivity index (χ2n) is 12.3. The third kappa shape index (κ3) is 12.2. The van der Waals surface area contributed by atoms with Crippen LogP contribution in [-0.4, -0.2) is 161 Å². The van der Waals surface area contributed by atoms with Crippen LogP contribution in [0.25, 0.3) is 0 Å². The molecule has 0 spiro atoms. The molecule has 0 radical (unpaired) electrons. The molecule has 5 fully saturated rings. The molecule has 5 saturated heterocycles. The predicted octanol–water partition coefficient (Wildman–Crippen LogP) is 3.26. The van der Waals surface area contributed by atoms with Crippen LogP contribution in [0.15, 0.2) is 0 Å². The van der Waals surface area contributed by atoms with Crippen molar-refractivity contribution in [3.05, 3.63) is 0 Å². The van der Waals surface area contributed by atoms with Crippen LogP contribution in [0.4, 0.5) is 0 Å². The summed E-state index contributed by atoms with van der Waals surface area (Å²) in [5, 5.41) is 0. The molecular formula is C30H64N6O. The Morgan fingerprint density at radius 1 is 0.514 bits per heavy atom. The second kappa shape index (κ2) is 18.1. The van der Waals surface area contributed by atoms with Crippen LogP contribution in [0, 0.1) is 0 Å². The fourth-order valence-corrected chi connectivity index (χ4v) is 6.46. The molecule has 0 N–H and O–H groups in total. The van der Waals surface area contributed by atoms with Gasteiger partial charge in [0, 0.05) is 31.2 Å². The van der Waals surface area contributed by atoms with Crippen LogP contribution in [-0.2, 0) is 4.74 Å². The van der Waals surface area contributed by atoms with Crippen LogP contribution >= 0.6 is 0 Å². The highest BCUT2D eigenvalue weighted by molar-refractivity contribution is 4.81. The van der Waals surface area contributed by atoms with Crippen molar-refractivity contribution in [2.24, 2.45) is 0 Å². The molecule has 5 heterocycles. The fourth-order valence-electron chi connectivity index (χ4n) is 6.46. The van der Waals surface area contributed by atoms with Gasteiger partial charge in [-0.25, -0.2) is 0 Å². The first-order chi connectivity index (χ1) is 17.4. The number of ether oxygens (including phenoxy) is 1. The van der Waals surface area contributed by atoms with Gasteiger partial charge in [0.05, 0.1) is 13.2 Å². The van der Waals surface area contributed by atoms with Crippen LogP contribution < -0.4 is 0 Å². The first kappa shape index (κ1) is 32.9. The number of morpholine rings is 1. The highest BCUT2D eigenvalue weighted by atomic mass is 16.5. The van der Waals surface area contributed by atoms with Crippen molar-refractivity contribution < 1.29 is 4.74 Å². The Kier molecular flexibility index (Phi) is 16.1. The van der Waals surface area contributed by atoms with E-state index in [0.717, 1.165) is 44.4 Å². The lowest BCUT2D eigenvalue weighted by Gasteiger charge is -2.39. The summed E-state index contributed by atoms with van der Waals surface area (Å²) < 4.78 is 5.36. The van der Waals surface area contributed by atoms with Crippen molar-refractivity contribution in [1.82, 2.24) is 29.4 Å². The third-order valence-electron chi connectivity index (χ3n) is 9.26. The largest absolute Gasteiger partial charge is 0.379 e. The smallest absolute Gasteiger partial charge is 0.0594 e. The zero-order valence-electron chi connectivity index (χ0n) is 24.7. The summed E-state index contributed by atoms with van der Waals surface area (Å²) in [5.74, 6) is 0. The molecule has 0 saturated carbocycles. The Hall–Kier alpha value is -0.280. The molecule has 37 heavy (non-hydrogen) atoms. The topological polar surface area (TPSA) is 28.7 Å². The lowest BCUT2D eigenvalue weighted by atomic mass is 10.0. The van der Waals surface area contributed by atoms with Crippen LogP contribution in [0.2, 0.25) is 0 Å². The van der Waals surface area contributed by atoms with Gasteiger partial charge in [-0.05, 0) is 139 Å². The van der Waals surface area contributed by atoms with Crippen LogP contribution in [0.3, 0.4) is 0 Å². The van der Waals surface area contributed by atoms with Crippen molar-refractivity contribution in [3.8, 4) is 0 Å². The number of piperidine rings is 4. The molecule has 0 aliphatic carbocycles. The van der Waals surface area contributed by atoms with Gasteiger partial charge in [0.15, 0.2) is 0 Å². The number of rotatable bonds is 3. The summed E-state index contributed by atoms with van der Waals surface area (Å²) in [5.41, 5.74) is 0. The average molecular weight is 525 g/mol. The summed E-state index contributed by atoms with van der Waals surface area (Å²) in [4.78, 5) is 15.0. The molecule has 0 unspecified atom stereocenters. The van der Waals surface area contributed by atoms with E-state index in [2.05, 4.69) is 64.6 Å². The minimum Gasteiger partial charge on any atom is -0.379 e. The minimum atomic E-state index is 0. The summed E-state index contributed by atoms with van der Waals surface area (Å²) >= 11 is 0. The number of likely N-dealkylation sites (tertiary alicyclic amines) is 4.